The Morgan fingerprint density at radius 2 is 1.84 bits per heavy atom. The van der Waals surface area contributed by atoms with Gasteiger partial charge in [-0.3, -0.25) is 10.1 Å². The zero-order valence-electron chi connectivity index (χ0n) is 9.68. The molecule has 2 aromatic carbocycles. The summed E-state index contributed by atoms with van der Waals surface area (Å²) in [5.74, 6) is -0.0839. The van der Waals surface area contributed by atoms with Crippen molar-refractivity contribution in [2.45, 2.75) is 5.33 Å². The number of ether oxygens (including phenoxy) is 1. The lowest BCUT2D eigenvalue weighted by Crippen LogP contribution is -1.96. The van der Waals surface area contributed by atoms with Gasteiger partial charge in [0.15, 0.2) is 0 Å². The van der Waals surface area contributed by atoms with Crippen LogP contribution in [0.15, 0.2) is 42.5 Å². The number of alkyl halides is 1. The SMILES string of the molecule is O=[N+]([O-])c1ccccc1Oc1cccc(F)c1CBr. The van der Waals surface area contributed by atoms with Crippen molar-refractivity contribution in [2.75, 3.05) is 0 Å². The van der Waals surface area contributed by atoms with Gasteiger partial charge in [0.25, 0.3) is 0 Å². The number of halogens is 2. The number of nitro groups is 1. The summed E-state index contributed by atoms with van der Waals surface area (Å²) in [6.07, 6.45) is 0. The minimum atomic E-state index is -0.539. The summed E-state index contributed by atoms with van der Waals surface area (Å²) in [5, 5.41) is 11.1. The van der Waals surface area contributed by atoms with E-state index in [9.17, 15) is 14.5 Å². The summed E-state index contributed by atoms with van der Waals surface area (Å²) >= 11 is 3.17. The molecule has 0 heterocycles. The van der Waals surface area contributed by atoms with Crippen LogP contribution < -0.4 is 4.74 Å². The molecule has 0 saturated heterocycles. The largest absolute Gasteiger partial charge is 0.450 e. The summed E-state index contributed by atoms with van der Waals surface area (Å²) in [4.78, 5) is 10.3. The highest BCUT2D eigenvalue weighted by molar-refractivity contribution is 9.08. The Hall–Kier alpha value is -1.95. The third-order valence-electron chi connectivity index (χ3n) is 2.49. The van der Waals surface area contributed by atoms with E-state index in [1.165, 1.54) is 24.3 Å². The van der Waals surface area contributed by atoms with Crippen molar-refractivity contribution in [1.82, 2.24) is 0 Å². The highest BCUT2D eigenvalue weighted by Crippen LogP contribution is 2.34. The van der Waals surface area contributed by atoms with E-state index in [0.29, 0.717) is 5.56 Å². The Balaban J connectivity index is 2.42. The lowest BCUT2D eigenvalue weighted by atomic mass is 10.2. The summed E-state index contributed by atoms with van der Waals surface area (Å²) in [6.45, 7) is 0. The van der Waals surface area contributed by atoms with Gasteiger partial charge in [0, 0.05) is 17.0 Å². The maximum atomic E-state index is 13.6. The molecule has 2 aromatic rings. The molecule has 0 amide bonds. The van der Waals surface area contributed by atoms with Crippen LogP contribution in [0.5, 0.6) is 11.5 Å². The molecule has 2 rings (SSSR count). The van der Waals surface area contributed by atoms with E-state index in [1.807, 2.05) is 0 Å². The van der Waals surface area contributed by atoms with Crippen molar-refractivity contribution in [3.63, 3.8) is 0 Å². The van der Waals surface area contributed by atoms with Crippen molar-refractivity contribution in [3.8, 4) is 11.5 Å². The zero-order chi connectivity index (χ0) is 13.8. The molecule has 0 aliphatic rings. The van der Waals surface area contributed by atoms with E-state index in [2.05, 4.69) is 15.9 Å². The van der Waals surface area contributed by atoms with Crippen LogP contribution in [0.2, 0.25) is 0 Å². The lowest BCUT2D eigenvalue weighted by Gasteiger charge is -2.10. The second-order valence-corrected chi connectivity index (χ2v) is 4.24. The number of hydrogen-bond donors (Lipinski definition) is 0. The van der Waals surface area contributed by atoms with E-state index >= 15 is 0 Å². The first kappa shape index (κ1) is 13.5. The van der Waals surface area contributed by atoms with Crippen LogP contribution in [-0.4, -0.2) is 4.92 Å². The molecule has 19 heavy (non-hydrogen) atoms. The molecular formula is C13H9BrFNO3. The standard InChI is InChI=1S/C13H9BrFNO3/c14-8-9-10(15)4-3-7-12(9)19-13-6-2-1-5-11(13)16(17)18/h1-7H,8H2. The van der Waals surface area contributed by atoms with Crippen LogP contribution in [0.1, 0.15) is 5.56 Å². The second kappa shape index (κ2) is 5.79. The van der Waals surface area contributed by atoms with Crippen LogP contribution in [0.4, 0.5) is 10.1 Å². The molecule has 6 heteroatoms. The highest BCUT2D eigenvalue weighted by atomic mass is 79.9. The van der Waals surface area contributed by atoms with E-state index < -0.39 is 10.7 Å². The molecule has 0 atom stereocenters. The molecule has 0 spiro atoms. The molecule has 0 aliphatic carbocycles. The summed E-state index contributed by atoms with van der Waals surface area (Å²) in [5.41, 5.74) is 0.160. The molecule has 0 unspecified atom stereocenters. The van der Waals surface area contributed by atoms with Crippen molar-refractivity contribution < 1.29 is 14.1 Å². The van der Waals surface area contributed by atoms with Crippen molar-refractivity contribution >= 4 is 21.6 Å². The quantitative estimate of drug-likeness (QED) is 0.475. The van der Waals surface area contributed by atoms with Gasteiger partial charge in [-0.05, 0) is 18.2 Å². The van der Waals surface area contributed by atoms with Gasteiger partial charge < -0.3 is 4.74 Å². The van der Waals surface area contributed by atoms with E-state index in [1.54, 1.807) is 18.2 Å². The van der Waals surface area contributed by atoms with Crippen LogP contribution >= 0.6 is 15.9 Å². The zero-order valence-corrected chi connectivity index (χ0v) is 11.3. The predicted molar refractivity (Wildman–Crippen MR) is 72.2 cm³/mol. The van der Waals surface area contributed by atoms with Gasteiger partial charge >= 0.3 is 5.69 Å². The lowest BCUT2D eigenvalue weighted by molar-refractivity contribution is -0.385. The number of nitrogens with zero attached hydrogens (tertiary/aromatic N) is 1. The van der Waals surface area contributed by atoms with Crippen molar-refractivity contribution in [3.05, 3.63) is 64.0 Å². The predicted octanol–water partition coefficient (Wildman–Crippen LogP) is 4.42. The molecule has 0 aromatic heterocycles. The summed E-state index contributed by atoms with van der Waals surface area (Å²) in [7, 11) is 0. The fourth-order valence-corrected chi connectivity index (χ4v) is 2.12. The first-order chi connectivity index (χ1) is 9.13. The molecule has 0 saturated carbocycles. The fourth-order valence-electron chi connectivity index (χ4n) is 1.58. The molecule has 0 radical (unpaired) electrons. The normalized spacial score (nSPS) is 10.2. The Kier molecular flexibility index (Phi) is 4.11. The Labute approximate surface area is 117 Å². The average Bonchev–Trinajstić information content (AvgIpc) is 2.39. The minimum Gasteiger partial charge on any atom is -0.450 e. The van der Waals surface area contributed by atoms with Crippen LogP contribution in [0.3, 0.4) is 0 Å². The molecule has 4 nitrogen and oxygen atoms in total. The molecule has 0 aliphatic heterocycles. The first-order valence-electron chi connectivity index (χ1n) is 5.38. The Bertz CT molecular complexity index is 619. The number of para-hydroxylation sites is 2. The molecule has 0 bridgehead atoms. The third kappa shape index (κ3) is 2.90. The smallest absolute Gasteiger partial charge is 0.311 e. The first-order valence-corrected chi connectivity index (χ1v) is 6.50. The fraction of sp³-hybridized carbons (Fsp3) is 0.0769. The van der Waals surface area contributed by atoms with Crippen molar-refractivity contribution in [1.29, 1.82) is 0 Å². The summed E-state index contributed by atoms with van der Waals surface area (Å²) < 4.78 is 19.0. The summed E-state index contributed by atoms with van der Waals surface area (Å²) in [6, 6.07) is 10.3. The molecule has 0 N–H and O–H groups in total. The van der Waals surface area contributed by atoms with Gasteiger partial charge in [-0.15, -0.1) is 0 Å². The Morgan fingerprint density at radius 3 is 2.53 bits per heavy atom. The monoisotopic (exact) mass is 325 g/mol. The van der Waals surface area contributed by atoms with Crippen molar-refractivity contribution in [2.24, 2.45) is 0 Å². The maximum Gasteiger partial charge on any atom is 0.311 e. The van der Waals surface area contributed by atoms with Crippen LogP contribution in [-0.2, 0) is 5.33 Å². The second-order valence-electron chi connectivity index (χ2n) is 3.68. The van der Waals surface area contributed by atoms with Crippen LogP contribution in [0, 0.1) is 15.9 Å². The average molecular weight is 326 g/mol. The maximum absolute atomic E-state index is 13.6. The van der Waals surface area contributed by atoms with Gasteiger partial charge in [-0.1, -0.05) is 34.1 Å². The number of benzene rings is 2. The number of rotatable bonds is 4. The van der Waals surface area contributed by atoms with Gasteiger partial charge in [-0.25, -0.2) is 4.39 Å². The Morgan fingerprint density at radius 1 is 1.16 bits per heavy atom. The van der Waals surface area contributed by atoms with E-state index in [4.69, 9.17) is 4.74 Å². The number of hydrogen-bond acceptors (Lipinski definition) is 3. The van der Waals surface area contributed by atoms with Gasteiger partial charge in [0.1, 0.15) is 11.6 Å². The van der Waals surface area contributed by atoms with Gasteiger partial charge in [0.2, 0.25) is 5.75 Å². The van der Waals surface area contributed by atoms with E-state index in [0.717, 1.165) is 0 Å². The minimum absolute atomic E-state index is 0.0836. The highest BCUT2D eigenvalue weighted by Gasteiger charge is 2.16. The number of nitro benzene ring substituents is 1. The molecular weight excluding hydrogens is 317 g/mol. The topological polar surface area (TPSA) is 52.4 Å². The molecule has 98 valence electrons. The van der Waals surface area contributed by atoms with Gasteiger partial charge in [0.05, 0.1) is 4.92 Å². The van der Waals surface area contributed by atoms with Crippen LogP contribution in [0.25, 0.3) is 0 Å². The molecule has 0 fully saturated rings. The van der Waals surface area contributed by atoms with E-state index in [-0.39, 0.29) is 22.5 Å². The third-order valence-corrected chi connectivity index (χ3v) is 3.05. The van der Waals surface area contributed by atoms with Gasteiger partial charge in [-0.2, -0.15) is 0 Å².